The third-order valence-corrected chi connectivity index (χ3v) is 11.7. The first kappa shape index (κ1) is 49.7. The van der Waals surface area contributed by atoms with Gasteiger partial charge in [-0.3, -0.25) is 9.11 Å². The van der Waals surface area contributed by atoms with Crippen LogP contribution >= 0.6 is 0 Å². The Morgan fingerprint density at radius 1 is 0.522 bits per heavy atom. The van der Waals surface area contributed by atoms with Gasteiger partial charge in [0, 0.05) is 86.4 Å². The zero-order valence-electron chi connectivity index (χ0n) is 36.1. The van der Waals surface area contributed by atoms with E-state index in [-0.39, 0.29) is 89.8 Å². The first-order valence-electron chi connectivity index (χ1n) is 21.0. The molecule has 0 amide bonds. The second-order valence-corrected chi connectivity index (χ2v) is 17.6. The molecule has 6 aromatic rings. The molecule has 2 heterocycles. The molecule has 0 fully saturated rings. The number of anilines is 7. The largest absolute Gasteiger partial charge is 0.398 e. The summed E-state index contributed by atoms with van der Waals surface area (Å²) in [6.45, 7) is 0.738. The van der Waals surface area contributed by atoms with Crippen molar-refractivity contribution < 1.29 is 46.4 Å². The molecule has 0 saturated carbocycles. The predicted molar refractivity (Wildman–Crippen MR) is 254 cm³/mol. The molecule has 67 heavy (non-hydrogen) atoms. The minimum atomic E-state index is -5.04. The van der Waals surface area contributed by atoms with Gasteiger partial charge >= 0.3 is 0 Å². The summed E-state index contributed by atoms with van der Waals surface area (Å²) in [5.41, 5.74) is 7.42. The summed E-state index contributed by atoms with van der Waals surface area (Å²) in [6, 6.07) is 24.4. The molecule has 0 unspecified atom stereocenters. The third kappa shape index (κ3) is 13.7. The number of rotatable bonds is 24. The molecule has 354 valence electrons. The molecule has 23 heteroatoms. The number of nitrogen functional groups attached to an aromatic ring is 1. The van der Waals surface area contributed by atoms with Crippen LogP contribution in [0.3, 0.4) is 0 Å². The van der Waals surface area contributed by atoms with Crippen LogP contribution in [0.5, 0.6) is 0 Å². The molecule has 0 bridgehead atoms. The molecular weight excluding hydrogens is 907 g/mol. The highest BCUT2D eigenvalue weighted by molar-refractivity contribution is 7.86. The average Bonchev–Trinajstić information content (AvgIpc) is 3.31. The van der Waals surface area contributed by atoms with Crippen molar-refractivity contribution >= 4 is 73.2 Å². The maximum Gasteiger partial charge on any atom is 0.295 e. The van der Waals surface area contributed by atoms with Crippen LogP contribution in [0, 0.1) is 0 Å². The van der Waals surface area contributed by atoms with Crippen molar-refractivity contribution in [2.45, 2.75) is 35.5 Å². The van der Waals surface area contributed by atoms with Gasteiger partial charge in [-0.2, -0.15) is 46.7 Å². The minimum Gasteiger partial charge on any atom is -0.398 e. The van der Waals surface area contributed by atoms with Crippen molar-refractivity contribution in [3.8, 4) is 22.8 Å². The van der Waals surface area contributed by atoms with E-state index in [1.54, 1.807) is 58.3 Å². The van der Waals surface area contributed by atoms with Crippen LogP contribution in [0.15, 0.2) is 101 Å². The molecule has 0 radical (unpaired) electrons. The number of benzene rings is 4. The minimum absolute atomic E-state index is 0.00359. The quantitative estimate of drug-likeness (QED) is 0.0232. The Kier molecular flexibility index (Phi) is 17.2. The number of aliphatic hydroxyl groups is 4. The molecule has 0 atom stereocenters. The van der Waals surface area contributed by atoms with Crippen LogP contribution in [0.4, 0.5) is 40.9 Å². The van der Waals surface area contributed by atoms with Gasteiger partial charge in [-0.25, -0.2) is 0 Å². The zero-order valence-corrected chi connectivity index (χ0v) is 37.7. The van der Waals surface area contributed by atoms with Crippen molar-refractivity contribution in [2.75, 3.05) is 78.8 Å². The Hall–Kier alpha value is -6.70. The summed E-state index contributed by atoms with van der Waals surface area (Å²) in [4.78, 5) is 29.6. The van der Waals surface area contributed by atoms with Gasteiger partial charge in [-0.1, -0.05) is 60.7 Å². The van der Waals surface area contributed by atoms with Gasteiger partial charge in [-0.15, -0.1) is 0 Å². The van der Waals surface area contributed by atoms with Crippen molar-refractivity contribution in [2.24, 2.45) is 0 Å². The molecule has 2 aromatic heterocycles. The highest BCUT2D eigenvalue weighted by Gasteiger charge is 2.24. The maximum absolute atomic E-state index is 13.0. The van der Waals surface area contributed by atoms with E-state index in [9.17, 15) is 46.4 Å². The van der Waals surface area contributed by atoms with E-state index in [0.717, 1.165) is 12.1 Å². The van der Waals surface area contributed by atoms with Gasteiger partial charge < -0.3 is 46.6 Å². The molecular formula is C44H51N11O10S2. The van der Waals surface area contributed by atoms with E-state index in [1.807, 2.05) is 12.1 Å². The van der Waals surface area contributed by atoms with Crippen molar-refractivity contribution in [1.82, 2.24) is 29.9 Å². The number of aliphatic hydroxyl groups excluding tert-OH is 4. The third-order valence-electron chi connectivity index (χ3n) is 9.91. The molecule has 4 aromatic carbocycles. The molecule has 10 N–H and O–H groups in total. The Labute approximate surface area is 387 Å². The SMILES string of the molecule is Nc1cc(-c2nc(Nc3ccccc3)nc(N(CCCO)CCCO)n2)cc(S(=O)(=O)O)c1C=Cc1ccc(-c2nc(Nc3ccccc3)nc(N(CCCO)CCCO)n2)cc1S(=O)(=O)O. The van der Waals surface area contributed by atoms with Gasteiger partial charge in [0.25, 0.3) is 20.2 Å². The van der Waals surface area contributed by atoms with E-state index in [1.165, 1.54) is 30.4 Å². The second kappa shape index (κ2) is 23.2. The highest BCUT2D eigenvalue weighted by atomic mass is 32.2. The number of para-hydroxylation sites is 2. The van der Waals surface area contributed by atoms with E-state index in [2.05, 4.69) is 40.5 Å². The van der Waals surface area contributed by atoms with E-state index in [0.29, 0.717) is 63.2 Å². The summed E-state index contributed by atoms with van der Waals surface area (Å²) in [5.74, 6) is 0.419. The smallest absolute Gasteiger partial charge is 0.295 e. The molecule has 21 nitrogen and oxygen atoms in total. The van der Waals surface area contributed by atoms with Gasteiger partial charge in [-0.05, 0) is 73.7 Å². The average molecular weight is 958 g/mol. The Bertz CT molecular complexity index is 2850. The van der Waals surface area contributed by atoms with Crippen LogP contribution in [0.25, 0.3) is 34.9 Å². The van der Waals surface area contributed by atoms with Crippen LogP contribution in [-0.2, 0) is 20.2 Å². The van der Waals surface area contributed by atoms with Crippen LogP contribution in [-0.4, -0.2) is 129 Å². The summed E-state index contributed by atoms with van der Waals surface area (Å²) >= 11 is 0. The predicted octanol–water partition coefficient (Wildman–Crippen LogP) is 4.27. The van der Waals surface area contributed by atoms with E-state index < -0.39 is 30.0 Å². The van der Waals surface area contributed by atoms with Gasteiger partial charge in [0.15, 0.2) is 11.6 Å². The Morgan fingerprint density at radius 3 is 1.39 bits per heavy atom. The van der Waals surface area contributed by atoms with Crippen molar-refractivity contribution in [1.29, 1.82) is 0 Å². The van der Waals surface area contributed by atoms with Crippen LogP contribution in [0.1, 0.15) is 36.8 Å². The number of nitrogens with one attached hydrogen (secondary N) is 2. The maximum atomic E-state index is 13.0. The van der Waals surface area contributed by atoms with Gasteiger partial charge in [0.1, 0.15) is 9.79 Å². The fraction of sp³-hybridized carbons (Fsp3) is 0.273. The summed E-state index contributed by atoms with van der Waals surface area (Å²) in [5, 5.41) is 44.5. The van der Waals surface area contributed by atoms with Crippen molar-refractivity contribution in [3.63, 3.8) is 0 Å². The lowest BCUT2D eigenvalue weighted by Gasteiger charge is -2.23. The lowest BCUT2D eigenvalue weighted by atomic mass is 10.1. The molecule has 0 aliphatic carbocycles. The summed E-state index contributed by atoms with van der Waals surface area (Å²) in [6.07, 6.45) is 3.78. The molecule has 0 saturated heterocycles. The Balaban J connectivity index is 1.43. The van der Waals surface area contributed by atoms with Crippen LogP contribution < -0.4 is 26.2 Å². The number of nitrogens with zero attached hydrogens (tertiary/aromatic N) is 8. The topological polar surface area (TPSA) is 324 Å². The monoisotopic (exact) mass is 957 g/mol. The molecule has 0 aliphatic rings. The second-order valence-electron chi connectivity index (χ2n) is 14.8. The van der Waals surface area contributed by atoms with E-state index in [4.69, 9.17) is 5.73 Å². The molecule has 0 spiro atoms. The zero-order chi connectivity index (χ0) is 48.0. The number of aromatic nitrogens is 6. The van der Waals surface area contributed by atoms with Crippen LogP contribution in [0.2, 0.25) is 0 Å². The molecule has 0 aliphatic heterocycles. The van der Waals surface area contributed by atoms with Gasteiger partial charge in [0.2, 0.25) is 23.8 Å². The first-order chi connectivity index (χ1) is 32.2. The normalized spacial score (nSPS) is 11.8. The van der Waals surface area contributed by atoms with E-state index >= 15 is 0 Å². The fourth-order valence-electron chi connectivity index (χ4n) is 6.73. The number of hydrogen-bond donors (Lipinski definition) is 9. The molecule has 6 rings (SSSR count). The lowest BCUT2D eigenvalue weighted by Crippen LogP contribution is -2.29. The van der Waals surface area contributed by atoms with Gasteiger partial charge in [0.05, 0.1) is 0 Å². The summed E-state index contributed by atoms with van der Waals surface area (Å²) < 4.78 is 73.1. The lowest BCUT2D eigenvalue weighted by molar-refractivity contribution is 0.281. The fourth-order valence-corrected chi connectivity index (χ4v) is 8.18. The Morgan fingerprint density at radius 2 is 0.955 bits per heavy atom. The number of nitrogens with two attached hydrogens (primary N) is 1. The van der Waals surface area contributed by atoms with Crippen molar-refractivity contribution in [3.05, 3.63) is 102 Å². The standard InChI is InChI=1S/C44H51N11O10S2/c45-36-27-32(40-49-42(47-34-13-5-2-6-14-34)53-44(51-40)55(21-9-25-58)22-10-26-59)29-38(67(63,64)65)35(36)18-17-30-15-16-31(28-37(30)66(60,61)62)39-48-41(46-33-11-3-1-4-12-33)52-43(50-39)54(19-7-23-56)20-8-24-57/h1-6,11-18,27-29,56-59H,7-10,19-26,45H2,(H,60,61,62)(H,63,64,65)(H,46,48,50,52)(H,47,49,51,53). The number of hydrogen-bond acceptors (Lipinski definition) is 19. The highest BCUT2D eigenvalue weighted by Crippen LogP contribution is 2.33. The summed E-state index contributed by atoms with van der Waals surface area (Å²) in [7, 11) is -10.0. The first-order valence-corrected chi connectivity index (χ1v) is 23.9.